The fourth-order valence-corrected chi connectivity index (χ4v) is 2.14. The first-order valence-electron chi connectivity index (χ1n) is 4.94. The van der Waals surface area contributed by atoms with Crippen LogP contribution < -0.4 is 5.32 Å². The van der Waals surface area contributed by atoms with Gasteiger partial charge in [0.05, 0.1) is 0 Å². The number of anilines is 1. The molecule has 88 valence electrons. The average Bonchev–Trinajstić information content (AvgIpc) is 2.30. The molecular weight excluding hydrogens is 323 g/mol. The number of rotatable bonds is 3. The fourth-order valence-electron chi connectivity index (χ4n) is 1.39. The molecule has 0 saturated heterocycles. The van der Waals surface area contributed by atoms with Crippen LogP contribution >= 0.6 is 39.1 Å². The Morgan fingerprint density at radius 1 is 1.18 bits per heavy atom. The van der Waals surface area contributed by atoms with E-state index in [9.17, 15) is 0 Å². The van der Waals surface area contributed by atoms with Gasteiger partial charge in [-0.05, 0) is 35.9 Å². The third-order valence-electron chi connectivity index (χ3n) is 2.22. The number of nitrogens with zero attached hydrogens (tertiary/aromatic N) is 1. The summed E-state index contributed by atoms with van der Waals surface area (Å²) in [5.41, 5.74) is 2.02. The molecule has 1 aromatic heterocycles. The quantitative estimate of drug-likeness (QED) is 0.820. The Kier molecular flexibility index (Phi) is 4.26. The molecule has 0 spiro atoms. The molecule has 0 saturated carbocycles. The Labute approximate surface area is 118 Å². The Balaban J connectivity index is 2.09. The largest absolute Gasteiger partial charge is 0.381 e. The lowest BCUT2D eigenvalue weighted by atomic mass is 10.2. The molecule has 0 bridgehead atoms. The third kappa shape index (κ3) is 3.60. The number of hydrogen-bond donors (Lipinski definition) is 1. The minimum absolute atomic E-state index is 0.472. The summed E-state index contributed by atoms with van der Waals surface area (Å²) in [5.74, 6) is 0. The van der Waals surface area contributed by atoms with Crippen LogP contribution in [-0.2, 0) is 6.54 Å². The second-order valence-corrected chi connectivity index (χ2v) is 5.13. The van der Waals surface area contributed by atoms with Crippen molar-refractivity contribution in [2.45, 2.75) is 6.54 Å². The molecule has 5 heteroatoms. The second kappa shape index (κ2) is 5.71. The number of benzene rings is 1. The molecule has 0 aliphatic heterocycles. The van der Waals surface area contributed by atoms with E-state index in [2.05, 4.69) is 26.2 Å². The Morgan fingerprint density at radius 3 is 2.76 bits per heavy atom. The fraction of sp³-hybridized carbons (Fsp3) is 0.0833. The lowest BCUT2D eigenvalue weighted by Crippen LogP contribution is -2.00. The molecular formula is C12H9BrCl2N2. The first-order chi connectivity index (χ1) is 8.15. The molecule has 0 unspecified atom stereocenters. The molecule has 0 atom stereocenters. The predicted octanol–water partition coefficient (Wildman–Crippen LogP) is 4.76. The van der Waals surface area contributed by atoms with Crippen molar-refractivity contribution in [1.82, 2.24) is 4.98 Å². The lowest BCUT2D eigenvalue weighted by Gasteiger charge is -2.08. The van der Waals surface area contributed by atoms with Gasteiger partial charge in [-0.15, -0.1) is 0 Å². The summed E-state index contributed by atoms with van der Waals surface area (Å²) < 4.78 is 1.02. The van der Waals surface area contributed by atoms with Crippen LogP contribution in [0.3, 0.4) is 0 Å². The van der Waals surface area contributed by atoms with Gasteiger partial charge in [0.1, 0.15) is 5.15 Å². The normalized spacial score (nSPS) is 10.3. The summed E-state index contributed by atoms with van der Waals surface area (Å²) in [6.45, 7) is 0.668. The Hall–Kier alpha value is -0.770. The summed E-state index contributed by atoms with van der Waals surface area (Å²) in [6.07, 6.45) is 1.66. The number of halogens is 3. The van der Waals surface area contributed by atoms with E-state index >= 15 is 0 Å². The van der Waals surface area contributed by atoms with E-state index in [0.29, 0.717) is 11.7 Å². The van der Waals surface area contributed by atoms with Crippen molar-refractivity contribution in [2.75, 3.05) is 5.32 Å². The van der Waals surface area contributed by atoms with E-state index in [-0.39, 0.29) is 0 Å². The first-order valence-corrected chi connectivity index (χ1v) is 6.49. The van der Waals surface area contributed by atoms with Crippen LogP contribution in [0.15, 0.2) is 41.0 Å². The lowest BCUT2D eigenvalue weighted by molar-refractivity contribution is 1.13. The standard InChI is InChI=1S/C12H9BrCl2N2/c13-11-2-1-9(14)5-8(11)7-17-10-3-4-16-12(15)6-10/h1-6H,7H2,(H,16,17). The molecule has 1 heterocycles. The monoisotopic (exact) mass is 330 g/mol. The van der Waals surface area contributed by atoms with Crippen molar-refractivity contribution < 1.29 is 0 Å². The summed E-state index contributed by atoms with van der Waals surface area (Å²) in [4.78, 5) is 3.92. The van der Waals surface area contributed by atoms with Crippen LogP contribution in [0.25, 0.3) is 0 Å². The van der Waals surface area contributed by atoms with Crippen molar-refractivity contribution in [2.24, 2.45) is 0 Å². The topological polar surface area (TPSA) is 24.9 Å². The van der Waals surface area contributed by atoms with E-state index < -0.39 is 0 Å². The van der Waals surface area contributed by atoms with E-state index in [1.165, 1.54) is 0 Å². The zero-order valence-corrected chi connectivity index (χ0v) is 11.9. The summed E-state index contributed by atoms with van der Waals surface area (Å²) in [6, 6.07) is 9.34. The molecule has 1 aromatic carbocycles. The highest BCUT2D eigenvalue weighted by Crippen LogP contribution is 2.22. The molecule has 0 aliphatic carbocycles. The first kappa shape index (κ1) is 12.7. The molecule has 0 amide bonds. The van der Waals surface area contributed by atoms with Crippen molar-refractivity contribution in [3.8, 4) is 0 Å². The number of aromatic nitrogens is 1. The van der Waals surface area contributed by atoms with Gasteiger partial charge in [0.2, 0.25) is 0 Å². The van der Waals surface area contributed by atoms with Crippen LogP contribution in [0.2, 0.25) is 10.2 Å². The minimum atomic E-state index is 0.472. The molecule has 2 rings (SSSR count). The van der Waals surface area contributed by atoms with Gasteiger partial charge in [-0.2, -0.15) is 0 Å². The van der Waals surface area contributed by atoms with Gasteiger partial charge in [0.15, 0.2) is 0 Å². The third-order valence-corrected chi connectivity index (χ3v) is 3.43. The minimum Gasteiger partial charge on any atom is -0.381 e. The Morgan fingerprint density at radius 2 is 2.00 bits per heavy atom. The van der Waals surface area contributed by atoms with E-state index in [0.717, 1.165) is 20.7 Å². The van der Waals surface area contributed by atoms with Crippen LogP contribution in [0.5, 0.6) is 0 Å². The number of nitrogens with one attached hydrogen (secondary N) is 1. The molecule has 1 N–H and O–H groups in total. The highest BCUT2D eigenvalue weighted by atomic mass is 79.9. The van der Waals surface area contributed by atoms with Gasteiger partial charge in [-0.25, -0.2) is 4.98 Å². The number of pyridine rings is 1. The number of hydrogen-bond acceptors (Lipinski definition) is 2. The van der Waals surface area contributed by atoms with Gasteiger partial charge in [-0.3, -0.25) is 0 Å². The molecule has 0 fully saturated rings. The van der Waals surface area contributed by atoms with Crippen molar-refractivity contribution >= 4 is 44.8 Å². The maximum atomic E-state index is 5.94. The van der Waals surface area contributed by atoms with Gasteiger partial charge in [0.25, 0.3) is 0 Å². The van der Waals surface area contributed by atoms with Crippen molar-refractivity contribution in [3.05, 3.63) is 56.7 Å². The van der Waals surface area contributed by atoms with Gasteiger partial charge >= 0.3 is 0 Å². The predicted molar refractivity (Wildman–Crippen MR) is 75.7 cm³/mol. The smallest absolute Gasteiger partial charge is 0.131 e. The van der Waals surface area contributed by atoms with E-state index in [4.69, 9.17) is 23.2 Å². The molecule has 0 radical (unpaired) electrons. The molecule has 17 heavy (non-hydrogen) atoms. The average molecular weight is 332 g/mol. The second-order valence-electron chi connectivity index (χ2n) is 3.46. The molecule has 0 aliphatic rings. The zero-order chi connectivity index (χ0) is 12.3. The SMILES string of the molecule is Clc1ccc(Br)c(CNc2ccnc(Cl)c2)c1. The highest BCUT2D eigenvalue weighted by Gasteiger charge is 2.01. The van der Waals surface area contributed by atoms with Crippen LogP contribution in [0, 0.1) is 0 Å². The summed E-state index contributed by atoms with van der Waals surface area (Å²) in [7, 11) is 0. The van der Waals surface area contributed by atoms with Crippen LogP contribution in [0.1, 0.15) is 5.56 Å². The van der Waals surface area contributed by atoms with Crippen LogP contribution in [-0.4, -0.2) is 4.98 Å². The van der Waals surface area contributed by atoms with Crippen molar-refractivity contribution in [3.63, 3.8) is 0 Å². The zero-order valence-electron chi connectivity index (χ0n) is 8.75. The summed E-state index contributed by atoms with van der Waals surface area (Å²) >= 11 is 15.2. The van der Waals surface area contributed by atoms with Crippen molar-refractivity contribution in [1.29, 1.82) is 0 Å². The maximum absolute atomic E-state index is 5.94. The van der Waals surface area contributed by atoms with E-state index in [1.807, 2.05) is 24.3 Å². The highest BCUT2D eigenvalue weighted by molar-refractivity contribution is 9.10. The van der Waals surface area contributed by atoms with Gasteiger partial charge < -0.3 is 5.32 Å². The molecule has 2 aromatic rings. The van der Waals surface area contributed by atoms with Gasteiger partial charge in [-0.1, -0.05) is 39.1 Å². The van der Waals surface area contributed by atoms with Gasteiger partial charge in [0, 0.05) is 27.9 Å². The Bertz CT molecular complexity index is 532. The van der Waals surface area contributed by atoms with E-state index in [1.54, 1.807) is 12.3 Å². The maximum Gasteiger partial charge on any atom is 0.131 e. The summed E-state index contributed by atoms with van der Waals surface area (Å²) in [5, 5.41) is 4.45. The van der Waals surface area contributed by atoms with Crippen LogP contribution in [0.4, 0.5) is 5.69 Å². The molecule has 2 nitrogen and oxygen atoms in total.